The van der Waals surface area contributed by atoms with Crippen molar-refractivity contribution in [1.82, 2.24) is 9.97 Å². The fourth-order valence-electron chi connectivity index (χ4n) is 3.98. The highest BCUT2D eigenvalue weighted by Gasteiger charge is 2.18. The largest absolute Gasteiger partial charge is 0.378 e. The molecule has 0 atom stereocenters. The Morgan fingerprint density at radius 1 is 1.13 bits per heavy atom. The molecular formula is C23H20N4O3. The highest BCUT2D eigenvalue weighted by atomic mass is 16.5. The number of nitrogens with two attached hydrogens (primary N) is 1. The van der Waals surface area contributed by atoms with E-state index in [0.717, 1.165) is 41.5 Å². The van der Waals surface area contributed by atoms with E-state index in [1.807, 2.05) is 12.1 Å². The van der Waals surface area contributed by atoms with Crippen molar-refractivity contribution in [2.24, 2.45) is 5.73 Å². The Kier molecular flexibility index (Phi) is 4.44. The summed E-state index contributed by atoms with van der Waals surface area (Å²) < 4.78 is 5.44. The molecule has 4 aromatic rings. The number of primary amides is 1. The number of aldehydes is 1. The molecule has 7 heteroatoms. The average Bonchev–Trinajstić information content (AvgIpc) is 3.16. The number of carbonyl (C=O) groups is 2. The molecule has 0 aliphatic carbocycles. The molecule has 2 aromatic carbocycles. The normalized spacial score (nSPS) is 14.3. The number of amides is 1. The summed E-state index contributed by atoms with van der Waals surface area (Å²) in [7, 11) is 0. The van der Waals surface area contributed by atoms with E-state index in [1.165, 1.54) is 0 Å². The van der Waals surface area contributed by atoms with Gasteiger partial charge >= 0.3 is 0 Å². The second-order valence-electron chi connectivity index (χ2n) is 7.34. The van der Waals surface area contributed by atoms with E-state index in [2.05, 4.69) is 22.0 Å². The van der Waals surface area contributed by atoms with Crippen molar-refractivity contribution in [3.63, 3.8) is 0 Å². The molecule has 1 amide bonds. The number of fused-ring (bicyclic) bond motifs is 3. The average molecular weight is 400 g/mol. The third-order valence-electron chi connectivity index (χ3n) is 5.50. The number of morpholine rings is 1. The van der Waals surface area contributed by atoms with E-state index in [9.17, 15) is 9.59 Å². The molecule has 1 aliphatic rings. The zero-order valence-electron chi connectivity index (χ0n) is 16.2. The molecule has 1 saturated heterocycles. The molecule has 0 radical (unpaired) electrons. The predicted octanol–water partition coefficient (Wildman–Crippen LogP) is 3.13. The van der Waals surface area contributed by atoms with Gasteiger partial charge in [0.1, 0.15) is 6.29 Å². The fourth-order valence-corrected chi connectivity index (χ4v) is 3.98. The summed E-state index contributed by atoms with van der Waals surface area (Å²) in [6, 6.07) is 14.9. The first-order valence-electron chi connectivity index (χ1n) is 9.78. The van der Waals surface area contributed by atoms with Gasteiger partial charge in [0.15, 0.2) is 0 Å². The van der Waals surface area contributed by atoms with Gasteiger partial charge < -0.3 is 20.4 Å². The van der Waals surface area contributed by atoms with Crippen LogP contribution in [0.3, 0.4) is 0 Å². The number of benzene rings is 2. The Labute approximate surface area is 172 Å². The van der Waals surface area contributed by atoms with Gasteiger partial charge in [-0.1, -0.05) is 18.2 Å². The number of hydrogen-bond acceptors (Lipinski definition) is 5. The monoisotopic (exact) mass is 400 g/mol. The van der Waals surface area contributed by atoms with Crippen LogP contribution in [0, 0.1) is 0 Å². The molecule has 1 aliphatic heterocycles. The van der Waals surface area contributed by atoms with Crippen LogP contribution in [0.4, 0.5) is 5.69 Å². The van der Waals surface area contributed by atoms with Crippen LogP contribution in [0.1, 0.15) is 20.7 Å². The summed E-state index contributed by atoms with van der Waals surface area (Å²) in [5.74, 6) is -0.532. The lowest BCUT2D eigenvalue weighted by Gasteiger charge is -2.28. The molecule has 2 aromatic heterocycles. The Balaban J connectivity index is 1.70. The van der Waals surface area contributed by atoms with Crippen LogP contribution in [0.15, 0.2) is 48.5 Å². The number of nitrogens with zero attached hydrogens (tertiary/aromatic N) is 2. The standard InChI is InChI=1S/C23H20N4O3/c24-23(29)18-12-19(15-3-1-2-14(10-15)13-28)25-21-17-5-4-16(11-20(17)26-22(18)21)27-6-8-30-9-7-27/h1-5,10-13,26H,6-9H2,(H2,24,29). The van der Waals surface area contributed by atoms with Crippen molar-refractivity contribution in [3.05, 3.63) is 59.7 Å². The van der Waals surface area contributed by atoms with Crippen LogP contribution >= 0.6 is 0 Å². The summed E-state index contributed by atoms with van der Waals surface area (Å²) in [4.78, 5) is 33.8. The number of nitrogens with one attached hydrogen (secondary N) is 1. The molecule has 30 heavy (non-hydrogen) atoms. The smallest absolute Gasteiger partial charge is 0.250 e. The summed E-state index contributed by atoms with van der Waals surface area (Å²) in [6.07, 6.45) is 0.788. The molecule has 0 unspecified atom stereocenters. The van der Waals surface area contributed by atoms with Gasteiger partial charge in [-0.2, -0.15) is 0 Å². The quantitative estimate of drug-likeness (QED) is 0.513. The van der Waals surface area contributed by atoms with Gasteiger partial charge in [-0.05, 0) is 30.3 Å². The van der Waals surface area contributed by atoms with E-state index in [4.69, 9.17) is 15.5 Å². The maximum Gasteiger partial charge on any atom is 0.250 e. The lowest BCUT2D eigenvalue weighted by Crippen LogP contribution is -2.36. The number of carbonyl (C=O) groups excluding carboxylic acids is 2. The summed E-state index contributed by atoms with van der Waals surface area (Å²) in [5.41, 5.74) is 11.2. The second kappa shape index (κ2) is 7.27. The van der Waals surface area contributed by atoms with E-state index >= 15 is 0 Å². The molecule has 7 nitrogen and oxygen atoms in total. The van der Waals surface area contributed by atoms with Gasteiger partial charge in [0, 0.05) is 35.3 Å². The minimum absolute atomic E-state index is 0.371. The van der Waals surface area contributed by atoms with Gasteiger partial charge in [0.2, 0.25) is 0 Å². The van der Waals surface area contributed by atoms with Gasteiger partial charge in [-0.15, -0.1) is 0 Å². The highest BCUT2D eigenvalue weighted by molar-refractivity contribution is 6.14. The lowest BCUT2D eigenvalue weighted by atomic mass is 10.0. The minimum atomic E-state index is -0.532. The molecule has 0 spiro atoms. The number of aromatic amines is 1. The van der Waals surface area contributed by atoms with Gasteiger partial charge in [0.25, 0.3) is 5.91 Å². The Hall–Kier alpha value is -3.71. The third-order valence-corrected chi connectivity index (χ3v) is 5.50. The van der Waals surface area contributed by atoms with Crippen molar-refractivity contribution >= 4 is 39.8 Å². The first kappa shape index (κ1) is 18.3. The maximum absolute atomic E-state index is 12.2. The summed E-state index contributed by atoms with van der Waals surface area (Å²) in [5, 5.41) is 0.915. The van der Waals surface area contributed by atoms with Crippen molar-refractivity contribution in [1.29, 1.82) is 0 Å². The van der Waals surface area contributed by atoms with Crippen LogP contribution in [-0.2, 0) is 4.74 Å². The van der Waals surface area contributed by atoms with Crippen LogP contribution in [-0.4, -0.2) is 48.5 Å². The van der Waals surface area contributed by atoms with Crippen LogP contribution < -0.4 is 10.6 Å². The number of ether oxygens (including phenoxy) is 1. The van der Waals surface area contributed by atoms with Crippen LogP contribution in [0.5, 0.6) is 0 Å². The second-order valence-corrected chi connectivity index (χ2v) is 7.34. The maximum atomic E-state index is 12.2. The van der Waals surface area contributed by atoms with E-state index in [0.29, 0.717) is 41.1 Å². The van der Waals surface area contributed by atoms with Crippen molar-refractivity contribution < 1.29 is 14.3 Å². The van der Waals surface area contributed by atoms with Gasteiger partial charge in [-0.3, -0.25) is 9.59 Å². The molecule has 150 valence electrons. The topological polar surface area (TPSA) is 101 Å². The third kappa shape index (κ3) is 3.09. The Bertz CT molecular complexity index is 1290. The molecule has 3 heterocycles. The molecule has 1 fully saturated rings. The highest BCUT2D eigenvalue weighted by Crippen LogP contribution is 2.32. The number of hydrogen-bond donors (Lipinski definition) is 2. The summed E-state index contributed by atoms with van der Waals surface area (Å²) in [6.45, 7) is 3.10. The van der Waals surface area contributed by atoms with Crippen LogP contribution in [0.25, 0.3) is 33.2 Å². The van der Waals surface area contributed by atoms with Crippen molar-refractivity contribution in [2.45, 2.75) is 0 Å². The number of pyridine rings is 1. The molecule has 3 N–H and O–H groups in total. The zero-order valence-corrected chi connectivity index (χ0v) is 16.2. The van der Waals surface area contributed by atoms with Crippen molar-refractivity contribution in [2.75, 3.05) is 31.2 Å². The number of aromatic nitrogens is 2. The first-order valence-corrected chi connectivity index (χ1v) is 9.78. The van der Waals surface area contributed by atoms with E-state index in [1.54, 1.807) is 24.3 Å². The first-order chi connectivity index (χ1) is 14.6. The van der Waals surface area contributed by atoms with Crippen LogP contribution in [0.2, 0.25) is 0 Å². The lowest BCUT2D eigenvalue weighted by molar-refractivity contribution is 0.100. The van der Waals surface area contributed by atoms with Crippen molar-refractivity contribution in [3.8, 4) is 11.3 Å². The van der Waals surface area contributed by atoms with Gasteiger partial charge in [0.05, 0.1) is 41.0 Å². The van der Waals surface area contributed by atoms with E-state index in [-0.39, 0.29) is 0 Å². The number of rotatable bonds is 4. The van der Waals surface area contributed by atoms with E-state index < -0.39 is 5.91 Å². The zero-order chi connectivity index (χ0) is 20.7. The SMILES string of the molecule is NC(=O)c1cc(-c2cccc(C=O)c2)nc2c1[nH]c1cc(N3CCOCC3)ccc12. The molecular weight excluding hydrogens is 380 g/mol. The summed E-state index contributed by atoms with van der Waals surface area (Å²) >= 11 is 0. The molecule has 0 saturated carbocycles. The number of H-pyrrole nitrogens is 1. The van der Waals surface area contributed by atoms with Gasteiger partial charge in [-0.25, -0.2) is 4.98 Å². The molecule has 5 rings (SSSR count). The Morgan fingerprint density at radius 2 is 1.97 bits per heavy atom. The fraction of sp³-hybridized carbons (Fsp3) is 0.174. The predicted molar refractivity (Wildman–Crippen MR) is 116 cm³/mol. The minimum Gasteiger partial charge on any atom is -0.378 e. The Morgan fingerprint density at radius 3 is 2.73 bits per heavy atom. The molecule has 0 bridgehead atoms. The number of anilines is 1.